The molecule has 2 aliphatic rings. The van der Waals surface area contributed by atoms with Gasteiger partial charge in [-0.3, -0.25) is 14.5 Å². The number of fused-ring (bicyclic) bond motifs is 2. The average Bonchev–Trinajstić information content (AvgIpc) is 3.09. The Balaban J connectivity index is 1.48. The first-order valence-electron chi connectivity index (χ1n) is 12.7. The Bertz CT molecular complexity index is 1220. The van der Waals surface area contributed by atoms with Gasteiger partial charge in [-0.05, 0) is 54.7 Å². The van der Waals surface area contributed by atoms with E-state index < -0.39 is 17.6 Å². The zero-order chi connectivity index (χ0) is 28.0. The molecule has 4 rings (SSSR count). The van der Waals surface area contributed by atoms with Crippen molar-refractivity contribution in [2.24, 2.45) is 0 Å². The van der Waals surface area contributed by atoms with Gasteiger partial charge in [-0.25, -0.2) is 0 Å². The molecule has 1 unspecified atom stereocenters. The number of nitrogens with one attached hydrogen (secondary N) is 2. The SMILES string of the molecule is COCCN(CCOC)C1Cc2ccc(NC(=O)C=C3CCCOc4cc(C(F)(F)F)ccc43)cc2NC1=O. The summed E-state index contributed by atoms with van der Waals surface area (Å²) in [6, 6.07) is 8.26. The summed E-state index contributed by atoms with van der Waals surface area (Å²) >= 11 is 0. The minimum atomic E-state index is -4.49. The molecule has 8 nitrogen and oxygen atoms in total. The van der Waals surface area contributed by atoms with E-state index in [4.69, 9.17) is 14.2 Å². The third-order valence-corrected chi connectivity index (χ3v) is 6.77. The van der Waals surface area contributed by atoms with Crippen LogP contribution in [0.1, 0.15) is 29.5 Å². The molecule has 0 saturated heterocycles. The molecule has 2 N–H and O–H groups in total. The molecule has 1 atom stereocenters. The van der Waals surface area contributed by atoms with E-state index in [1.54, 1.807) is 26.4 Å². The van der Waals surface area contributed by atoms with E-state index in [9.17, 15) is 22.8 Å². The first kappa shape index (κ1) is 28.6. The molecule has 0 aromatic heterocycles. The van der Waals surface area contributed by atoms with Crippen LogP contribution in [0, 0.1) is 0 Å². The maximum absolute atomic E-state index is 13.1. The van der Waals surface area contributed by atoms with Crippen LogP contribution < -0.4 is 15.4 Å². The summed E-state index contributed by atoms with van der Waals surface area (Å²) in [7, 11) is 3.23. The van der Waals surface area contributed by atoms with Gasteiger partial charge < -0.3 is 24.8 Å². The second-order valence-corrected chi connectivity index (χ2v) is 9.42. The molecule has 2 amide bonds. The lowest BCUT2D eigenvalue weighted by atomic mass is 9.97. The number of alkyl halides is 3. The summed E-state index contributed by atoms with van der Waals surface area (Å²) in [6.45, 7) is 2.40. The molecule has 2 heterocycles. The van der Waals surface area contributed by atoms with Crippen molar-refractivity contribution in [2.45, 2.75) is 31.5 Å². The third kappa shape index (κ3) is 7.17. The minimum Gasteiger partial charge on any atom is -0.493 e. The summed E-state index contributed by atoms with van der Waals surface area (Å²) in [5.41, 5.74) is 2.30. The average molecular weight is 548 g/mol. The highest BCUT2D eigenvalue weighted by Crippen LogP contribution is 2.38. The standard InChI is InChI=1S/C28H32F3N3O5/c1-37-12-9-34(10-13-38-2)24-14-19-5-7-21(17-23(19)33-27(24)36)32-26(35)15-18-4-3-11-39-25-16-20(28(29,30)31)6-8-22(18)25/h5-8,15-17,24H,3-4,9-14H2,1-2H3,(H,32,35)(H,33,36). The lowest BCUT2D eigenvalue weighted by Crippen LogP contribution is -2.50. The number of nitrogens with zero attached hydrogens (tertiary/aromatic N) is 1. The van der Waals surface area contributed by atoms with Crippen LogP contribution in [0.25, 0.3) is 5.57 Å². The predicted octanol–water partition coefficient (Wildman–Crippen LogP) is 4.36. The second-order valence-electron chi connectivity index (χ2n) is 9.42. The van der Waals surface area contributed by atoms with Crippen LogP contribution in [0.5, 0.6) is 5.75 Å². The van der Waals surface area contributed by atoms with Crippen molar-refractivity contribution < 1.29 is 37.0 Å². The van der Waals surface area contributed by atoms with E-state index in [1.165, 1.54) is 12.1 Å². The van der Waals surface area contributed by atoms with Crippen molar-refractivity contribution in [2.75, 3.05) is 57.8 Å². The van der Waals surface area contributed by atoms with Gasteiger partial charge >= 0.3 is 6.18 Å². The number of ether oxygens (including phenoxy) is 3. The smallest absolute Gasteiger partial charge is 0.416 e. The van der Waals surface area contributed by atoms with E-state index >= 15 is 0 Å². The van der Waals surface area contributed by atoms with Gasteiger partial charge in [0.25, 0.3) is 0 Å². The molecule has 0 spiro atoms. The highest BCUT2D eigenvalue weighted by Gasteiger charge is 2.33. The lowest BCUT2D eigenvalue weighted by molar-refractivity contribution is -0.137. The lowest BCUT2D eigenvalue weighted by Gasteiger charge is -2.34. The molecule has 0 radical (unpaired) electrons. The molecule has 0 aliphatic carbocycles. The number of methoxy groups -OCH3 is 2. The number of hydrogen-bond acceptors (Lipinski definition) is 6. The summed E-state index contributed by atoms with van der Waals surface area (Å²) < 4.78 is 55.3. The van der Waals surface area contributed by atoms with Crippen LogP contribution >= 0.6 is 0 Å². The quantitative estimate of drug-likeness (QED) is 0.454. The molecule has 210 valence electrons. The number of carbonyl (C=O) groups excluding carboxylic acids is 2. The van der Waals surface area contributed by atoms with E-state index in [2.05, 4.69) is 10.6 Å². The van der Waals surface area contributed by atoms with Gasteiger partial charge in [0.2, 0.25) is 11.8 Å². The summed E-state index contributed by atoms with van der Waals surface area (Å²) in [5.74, 6) is -0.464. The van der Waals surface area contributed by atoms with Gasteiger partial charge in [-0.1, -0.05) is 12.1 Å². The minimum absolute atomic E-state index is 0.109. The number of carbonyl (C=O) groups is 2. The highest BCUT2D eigenvalue weighted by molar-refractivity contribution is 6.05. The molecule has 39 heavy (non-hydrogen) atoms. The van der Waals surface area contributed by atoms with Crippen molar-refractivity contribution in [1.29, 1.82) is 0 Å². The molecular weight excluding hydrogens is 515 g/mol. The Morgan fingerprint density at radius 1 is 1.15 bits per heavy atom. The first-order valence-corrected chi connectivity index (χ1v) is 12.7. The summed E-state index contributed by atoms with van der Waals surface area (Å²) in [6.07, 6.45) is -1.55. The summed E-state index contributed by atoms with van der Waals surface area (Å²) in [4.78, 5) is 27.8. The second kappa shape index (κ2) is 12.6. The van der Waals surface area contributed by atoms with E-state index in [-0.39, 0.29) is 24.3 Å². The number of allylic oxidation sites excluding steroid dienone is 1. The molecular formula is C28H32F3N3O5. The Morgan fingerprint density at radius 3 is 2.59 bits per heavy atom. The van der Waals surface area contributed by atoms with Crippen LogP contribution in [-0.2, 0) is 31.7 Å². The number of hydrogen-bond donors (Lipinski definition) is 2. The molecule has 2 aromatic carbocycles. The fourth-order valence-corrected chi connectivity index (χ4v) is 4.75. The Labute approximate surface area is 225 Å². The number of halogens is 3. The Kier molecular flexibility index (Phi) is 9.26. The van der Waals surface area contributed by atoms with E-state index in [0.717, 1.165) is 17.7 Å². The fraction of sp³-hybridized carbons (Fsp3) is 0.429. The van der Waals surface area contributed by atoms with Crippen molar-refractivity contribution in [3.8, 4) is 5.75 Å². The third-order valence-electron chi connectivity index (χ3n) is 6.77. The van der Waals surface area contributed by atoms with E-state index in [1.807, 2.05) is 11.0 Å². The largest absolute Gasteiger partial charge is 0.493 e. The van der Waals surface area contributed by atoms with Crippen molar-refractivity contribution >= 4 is 28.8 Å². The number of benzene rings is 2. The van der Waals surface area contributed by atoms with Gasteiger partial charge in [0, 0.05) is 50.3 Å². The van der Waals surface area contributed by atoms with E-state index in [0.29, 0.717) is 68.1 Å². The maximum Gasteiger partial charge on any atom is 0.416 e. The molecule has 0 bridgehead atoms. The number of rotatable bonds is 9. The van der Waals surface area contributed by atoms with Crippen molar-refractivity contribution in [1.82, 2.24) is 4.90 Å². The van der Waals surface area contributed by atoms with Crippen LogP contribution in [-0.4, -0.2) is 69.9 Å². The highest BCUT2D eigenvalue weighted by atomic mass is 19.4. The van der Waals surface area contributed by atoms with Crippen LogP contribution in [0.4, 0.5) is 24.5 Å². The molecule has 11 heteroatoms. The van der Waals surface area contributed by atoms with Gasteiger partial charge in [0.15, 0.2) is 0 Å². The van der Waals surface area contributed by atoms with Crippen LogP contribution in [0.15, 0.2) is 42.5 Å². The van der Waals surface area contributed by atoms with Crippen molar-refractivity contribution in [3.05, 3.63) is 59.2 Å². The Morgan fingerprint density at radius 2 is 1.90 bits per heavy atom. The molecule has 2 aliphatic heterocycles. The van der Waals surface area contributed by atoms with Gasteiger partial charge in [-0.15, -0.1) is 0 Å². The maximum atomic E-state index is 13.1. The normalized spacial score (nSPS) is 18.2. The topological polar surface area (TPSA) is 89.1 Å². The summed E-state index contributed by atoms with van der Waals surface area (Å²) in [5, 5.41) is 5.74. The van der Waals surface area contributed by atoms with Gasteiger partial charge in [0.1, 0.15) is 5.75 Å². The number of anilines is 2. The van der Waals surface area contributed by atoms with Gasteiger partial charge in [-0.2, -0.15) is 13.2 Å². The van der Waals surface area contributed by atoms with Crippen LogP contribution in [0.3, 0.4) is 0 Å². The fourth-order valence-electron chi connectivity index (χ4n) is 4.75. The van der Waals surface area contributed by atoms with Crippen LogP contribution in [0.2, 0.25) is 0 Å². The first-order chi connectivity index (χ1) is 18.7. The monoisotopic (exact) mass is 547 g/mol. The predicted molar refractivity (Wildman–Crippen MR) is 141 cm³/mol. The molecule has 0 saturated carbocycles. The van der Waals surface area contributed by atoms with Crippen molar-refractivity contribution in [3.63, 3.8) is 0 Å². The zero-order valence-electron chi connectivity index (χ0n) is 21.9. The molecule has 0 fully saturated rings. The molecule has 2 aromatic rings. The van der Waals surface area contributed by atoms with Gasteiger partial charge in [0.05, 0.1) is 31.4 Å². The number of amides is 2. The zero-order valence-corrected chi connectivity index (χ0v) is 21.9. The Hall–Kier alpha value is -3.41.